The van der Waals surface area contributed by atoms with Gasteiger partial charge in [-0.3, -0.25) is 0 Å². The highest BCUT2D eigenvalue weighted by atomic mass is 35.5. The summed E-state index contributed by atoms with van der Waals surface area (Å²) in [5, 5.41) is 5.10. The molecule has 0 bridgehead atoms. The first kappa shape index (κ1) is 24.3. The van der Waals surface area contributed by atoms with E-state index in [1.165, 1.54) is 38.5 Å². The fraction of sp³-hybridized carbons (Fsp3) is 0.407. The van der Waals surface area contributed by atoms with Gasteiger partial charge in [-0.2, -0.15) is 20.1 Å². The molecule has 0 saturated carbocycles. The summed E-state index contributed by atoms with van der Waals surface area (Å²) in [5.41, 5.74) is 4.92. The maximum Gasteiger partial charge on any atom is 0.250 e. The number of nitrogens with one attached hydrogen (secondary N) is 1. The number of piperidine rings is 2. The third kappa shape index (κ3) is 6.43. The molecular weight excluding hydrogens is 474 g/mol. The highest BCUT2D eigenvalue weighted by Crippen LogP contribution is 2.23. The van der Waals surface area contributed by atoms with Crippen molar-refractivity contribution in [1.29, 1.82) is 0 Å². The average Bonchev–Trinajstić information content (AvgIpc) is 2.94. The Labute approximate surface area is 217 Å². The maximum absolute atomic E-state index is 6.21. The van der Waals surface area contributed by atoms with Crippen LogP contribution in [0.25, 0.3) is 0 Å². The molecule has 2 aliphatic heterocycles. The van der Waals surface area contributed by atoms with Crippen molar-refractivity contribution in [3.05, 3.63) is 64.7 Å². The fourth-order valence-electron chi connectivity index (χ4n) is 4.47. The lowest BCUT2D eigenvalue weighted by atomic mass is 10.1. The van der Waals surface area contributed by atoms with Crippen LogP contribution in [0.15, 0.2) is 53.6 Å². The Balaban J connectivity index is 1.24. The third-order valence-corrected chi connectivity index (χ3v) is 6.87. The van der Waals surface area contributed by atoms with E-state index in [2.05, 4.69) is 30.3 Å². The lowest BCUT2D eigenvalue weighted by Gasteiger charge is -2.30. The van der Waals surface area contributed by atoms with E-state index in [4.69, 9.17) is 21.3 Å². The zero-order valence-corrected chi connectivity index (χ0v) is 21.2. The molecule has 2 aromatic carbocycles. The summed E-state index contributed by atoms with van der Waals surface area (Å²) in [4.78, 5) is 18.7. The van der Waals surface area contributed by atoms with Crippen molar-refractivity contribution in [1.82, 2.24) is 15.0 Å². The van der Waals surface area contributed by atoms with Crippen LogP contribution in [0.4, 0.5) is 17.8 Å². The molecule has 3 aromatic rings. The summed E-state index contributed by atoms with van der Waals surface area (Å²) in [6, 6.07) is 15.4. The normalized spacial score (nSPS) is 16.4. The van der Waals surface area contributed by atoms with Gasteiger partial charge in [0.1, 0.15) is 12.4 Å². The number of hydrogen-bond donors (Lipinski definition) is 1. The van der Waals surface area contributed by atoms with Gasteiger partial charge in [0.05, 0.1) is 6.21 Å². The number of rotatable bonds is 8. The molecule has 2 aliphatic rings. The number of aromatic nitrogens is 3. The van der Waals surface area contributed by atoms with Crippen molar-refractivity contribution in [2.75, 3.05) is 41.4 Å². The Morgan fingerprint density at radius 2 is 1.42 bits per heavy atom. The van der Waals surface area contributed by atoms with E-state index >= 15 is 0 Å². The largest absolute Gasteiger partial charge is 0.489 e. The highest BCUT2D eigenvalue weighted by Gasteiger charge is 2.20. The van der Waals surface area contributed by atoms with Crippen LogP contribution < -0.4 is 20.0 Å². The van der Waals surface area contributed by atoms with Crippen molar-refractivity contribution >= 4 is 35.7 Å². The molecule has 2 saturated heterocycles. The Morgan fingerprint density at radius 3 is 2.03 bits per heavy atom. The lowest BCUT2D eigenvalue weighted by molar-refractivity contribution is 0.306. The predicted molar refractivity (Wildman–Crippen MR) is 145 cm³/mol. The van der Waals surface area contributed by atoms with Gasteiger partial charge in [-0.05, 0) is 74.4 Å². The van der Waals surface area contributed by atoms with Gasteiger partial charge in [0.2, 0.25) is 17.8 Å². The smallest absolute Gasteiger partial charge is 0.250 e. The number of hydrogen-bond acceptors (Lipinski definition) is 8. The topological polar surface area (TPSA) is 78.8 Å². The Hall–Kier alpha value is -3.39. The molecular formula is C27H32ClN7O. The number of nitrogens with zero attached hydrogens (tertiary/aromatic N) is 6. The second-order valence-corrected chi connectivity index (χ2v) is 9.58. The Kier molecular flexibility index (Phi) is 8.13. The van der Waals surface area contributed by atoms with Crippen molar-refractivity contribution < 1.29 is 4.74 Å². The Bertz CT molecular complexity index is 1120. The lowest BCUT2D eigenvalue weighted by Crippen LogP contribution is -2.34. The average molecular weight is 506 g/mol. The molecule has 1 N–H and O–H groups in total. The van der Waals surface area contributed by atoms with E-state index in [1.54, 1.807) is 6.21 Å². The summed E-state index contributed by atoms with van der Waals surface area (Å²) in [7, 11) is 0. The summed E-state index contributed by atoms with van der Waals surface area (Å²) < 4.78 is 5.86. The maximum atomic E-state index is 6.21. The van der Waals surface area contributed by atoms with Crippen LogP contribution in [0.5, 0.6) is 5.75 Å². The number of benzene rings is 2. The summed E-state index contributed by atoms with van der Waals surface area (Å²) in [6.45, 7) is 4.36. The minimum Gasteiger partial charge on any atom is -0.489 e. The molecule has 36 heavy (non-hydrogen) atoms. The van der Waals surface area contributed by atoms with E-state index in [0.29, 0.717) is 17.6 Å². The first-order chi connectivity index (χ1) is 17.7. The number of hydrazone groups is 1. The molecule has 0 spiro atoms. The van der Waals surface area contributed by atoms with E-state index in [1.807, 2.05) is 48.5 Å². The fourth-order valence-corrected chi connectivity index (χ4v) is 4.66. The first-order valence-electron chi connectivity index (χ1n) is 12.8. The van der Waals surface area contributed by atoms with Gasteiger partial charge in [-0.1, -0.05) is 29.8 Å². The van der Waals surface area contributed by atoms with Crippen LogP contribution in [0, 0.1) is 0 Å². The van der Waals surface area contributed by atoms with Gasteiger partial charge < -0.3 is 14.5 Å². The molecule has 3 heterocycles. The van der Waals surface area contributed by atoms with Crippen molar-refractivity contribution in [3.63, 3.8) is 0 Å². The van der Waals surface area contributed by atoms with E-state index in [-0.39, 0.29) is 0 Å². The molecule has 9 heteroatoms. The minimum atomic E-state index is 0.423. The van der Waals surface area contributed by atoms with Crippen LogP contribution in [0.2, 0.25) is 5.02 Å². The standard InChI is InChI=1S/C27H32ClN7O/c28-24-10-4-3-9-22(24)20-36-23-13-11-21(12-14-23)19-29-33-25-30-26(34-15-5-1-6-16-34)32-27(31-25)35-17-7-2-8-18-35/h3-4,9-14,19H,1-2,5-8,15-18,20H2,(H,30,31,32,33). The predicted octanol–water partition coefficient (Wildman–Crippen LogP) is 5.53. The van der Waals surface area contributed by atoms with E-state index < -0.39 is 0 Å². The SMILES string of the molecule is Clc1ccccc1COc1ccc(C=NNc2nc(N3CCCCC3)nc(N3CCCCC3)n2)cc1. The van der Waals surface area contributed by atoms with E-state index in [0.717, 1.165) is 55.0 Å². The third-order valence-electron chi connectivity index (χ3n) is 6.50. The van der Waals surface area contributed by atoms with E-state index in [9.17, 15) is 0 Å². The number of halogens is 1. The monoisotopic (exact) mass is 505 g/mol. The van der Waals surface area contributed by atoms with Gasteiger partial charge in [-0.25, -0.2) is 5.43 Å². The highest BCUT2D eigenvalue weighted by molar-refractivity contribution is 6.31. The first-order valence-corrected chi connectivity index (χ1v) is 13.1. The van der Waals surface area contributed by atoms with Crippen LogP contribution in [-0.2, 0) is 6.61 Å². The molecule has 0 unspecified atom stereocenters. The molecule has 5 rings (SSSR count). The number of anilines is 3. The van der Waals surface area contributed by atoms with Crippen LogP contribution in [0.3, 0.4) is 0 Å². The molecule has 8 nitrogen and oxygen atoms in total. The second kappa shape index (κ2) is 12.0. The molecule has 188 valence electrons. The van der Waals surface area contributed by atoms with Gasteiger partial charge in [0.15, 0.2) is 0 Å². The molecule has 0 aliphatic carbocycles. The minimum absolute atomic E-state index is 0.423. The molecule has 0 radical (unpaired) electrons. The van der Waals surface area contributed by atoms with Gasteiger partial charge in [0, 0.05) is 36.8 Å². The van der Waals surface area contributed by atoms with Crippen LogP contribution in [0.1, 0.15) is 49.7 Å². The zero-order valence-electron chi connectivity index (χ0n) is 20.4. The summed E-state index contributed by atoms with van der Waals surface area (Å²) >= 11 is 6.21. The van der Waals surface area contributed by atoms with Gasteiger partial charge in [-0.15, -0.1) is 0 Å². The van der Waals surface area contributed by atoms with Gasteiger partial charge in [0.25, 0.3) is 0 Å². The Morgan fingerprint density at radius 1 is 0.806 bits per heavy atom. The quantitative estimate of drug-likeness (QED) is 0.318. The van der Waals surface area contributed by atoms with Gasteiger partial charge >= 0.3 is 0 Å². The van der Waals surface area contributed by atoms with Crippen molar-refractivity contribution in [3.8, 4) is 5.75 Å². The molecule has 1 aromatic heterocycles. The molecule has 0 amide bonds. The second-order valence-electron chi connectivity index (χ2n) is 9.17. The van der Waals surface area contributed by atoms with Crippen LogP contribution in [-0.4, -0.2) is 47.3 Å². The number of ether oxygens (including phenoxy) is 1. The van der Waals surface area contributed by atoms with Crippen molar-refractivity contribution in [2.24, 2.45) is 5.10 Å². The zero-order chi connectivity index (χ0) is 24.6. The summed E-state index contributed by atoms with van der Waals surface area (Å²) in [6.07, 6.45) is 8.96. The van der Waals surface area contributed by atoms with Crippen molar-refractivity contribution in [2.45, 2.75) is 45.1 Å². The molecule has 0 atom stereocenters. The van der Waals surface area contributed by atoms with Crippen LogP contribution >= 0.6 is 11.6 Å². The molecule has 2 fully saturated rings. The summed E-state index contributed by atoms with van der Waals surface area (Å²) in [5.74, 6) is 2.72.